The van der Waals surface area contributed by atoms with Crippen LogP contribution in [0.2, 0.25) is 0 Å². The summed E-state index contributed by atoms with van der Waals surface area (Å²) < 4.78 is 0. The summed E-state index contributed by atoms with van der Waals surface area (Å²) in [7, 11) is 0. The van der Waals surface area contributed by atoms with Crippen molar-refractivity contribution in [2.45, 2.75) is 0 Å². The number of fused-ring (bicyclic) bond motifs is 2. The fourth-order valence-corrected chi connectivity index (χ4v) is 9.06. The van der Waals surface area contributed by atoms with Gasteiger partial charge in [-0.25, -0.2) is 0 Å². The lowest BCUT2D eigenvalue weighted by Crippen LogP contribution is -2.20. The first kappa shape index (κ1) is 34.4. The monoisotopic (exact) mass is 753 g/mol. The van der Waals surface area contributed by atoms with Crippen LogP contribution in [0.15, 0.2) is 237 Å². The predicted octanol–water partition coefficient (Wildman–Crippen LogP) is 16.1. The second-order valence-corrected chi connectivity index (χ2v) is 14.9. The molecule has 278 valence electrons. The van der Waals surface area contributed by atoms with Crippen LogP contribution in [0, 0.1) is 0 Å². The third kappa shape index (κ3) is 5.83. The lowest BCUT2D eigenvalue weighted by atomic mass is 9.88. The first-order valence-corrected chi connectivity index (χ1v) is 20.2. The average Bonchev–Trinajstić information content (AvgIpc) is 3.31. The van der Waals surface area contributed by atoms with Crippen molar-refractivity contribution < 1.29 is 0 Å². The Balaban J connectivity index is 1.29. The Labute approximate surface area is 344 Å². The van der Waals surface area contributed by atoms with Crippen LogP contribution in [0.1, 0.15) is 0 Å². The molecule has 11 aromatic rings. The first-order chi connectivity index (χ1) is 29.3. The molecule has 0 saturated carbocycles. The molecule has 0 bridgehead atoms. The van der Waals surface area contributed by atoms with Crippen molar-refractivity contribution in [2.75, 3.05) is 14.7 Å². The summed E-state index contributed by atoms with van der Waals surface area (Å²) in [6.45, 7) is 0. The Bertz CT molecular complexity index is 3010. The van der Waals surface area contributed by atoms with Crippen LogP contribution >= 0.6 is 0 Å². The molecule has 0 aliphatic rings. The summed E-state index contributed by atoms with van der Waals surface area (Å²) in [4.78, 5) is 7.27. The zero-order valence-corrected chi connectivity index (χ0v) is 32.4. The van der Waals surface area contributed by atoms with Gasteiger partial charge in [0.15, 0.2) is 0 Å². The fourth-order valence-electron chi connectivity index (χ4n) is 9.06. The molecule has 3 nitrogen and oxygen atoms in total. The van der Waals surface area contributed by atoms with E-state index in [2.05, 4.69) is 251 Å². The highest BCUT2D eigenvalue weighted by atomic mass is 15.2. The van der Waals surface area contributed by atoms with E-state index in [0.717, 1.165) is 51.2 Å². The van der Waals surface area contributed by atoms with Crippen LogP contribution in [0.25, 0.3) is 43.1 Å². The maximum Gasteiger partial charge on any atom is 0.0703 e. The third-order valence-electron chi connectivity index (χ3n) is 11.5. The summed E-state index contributed by atoms with van der Waals surface area (Å²) in [5.41, 5.74) is 9.63. The van der Waals surface area contributed by atoms with Crippen molar-refractivity contribution in [3.63, 3.8) is 0 Å². The van der Waals surface area contributed by atoms with Crippen LogP contribution in [0.3, 0.4) is 0 Å². The Morgan fingerprint density at radius 2 is 0.525 bits per heavy atom. The smallest absolute Gasteiger partial charge is 0.0703 e. The van der Waals surface area contributed by atoms with Gasteiger partial charge >= 0.3 is 0 Å². The number of anilines is 9. The van der Waals surface area contributed by atoms with Gasteiger partial charge in [0.05, 0.1) is 28.4 Å². The van der Waals surface area contributed by atoms with E-state index in [1.54, 1.807) is 0 Å². The minimum Gasteiger partial charge on any atom is -0.308 e. The molecule has 59 heavy (non-hydrogen) atoms. The van der Waals surface area contributed by atoms with Gasteiger partial charge < -0.3 is 14.7 Å². The molecule has 0 heterocycles. The SMILES string of the molecule is c1ccc(N(c2ccccc2)c2ccccc2N(c2ccccc2N(c2ccccc2)c2ccccc2)c2ccc3cccc4c5cccc6cccc(c2c34)c65)cc1. The topological polar surface area (TPSA) is 9.72 Å². The lowest BCUT2D eigenvalue weighted by Gasteiger charge is -2.36. The normalized spacial score (nSPS) is 11.4. The van der Waals surface area contributed by atoms with Crippen molar-refractivity contribution in [3.05, 3.63) is 237 Å². The highest BCUT2D eigenvalue weighted by molar-refractivity contribution is 6.35. The summed E-state index contributed by atoms with van der Waals surface area (Å²) >= 11 is 0. The number of para-hydroxylation sites is 8. The van der Waals surface area contributed by atoms with Crippen molar-refractivity contribution in [2.24, 2.45) is 0 Å². The third-order valence-corrected chi connectivity index (χ3v) is 11.5. The molecule has 0 aromatic heterocycles. The molecule has 0 radical (unpaired) electrons. The summed E-state index contributed by atoms with van der Waals surface area (Å²) in [6.07, 6.45) is 0. The summed E-state index contributed by atoms with van der Waals surface area (Å²) in [5.74, 6) is 0. The van der Waals surface area contributed by atoms with E-state index in [4.69, 9.17) is 0 Å². The summed E-state index contributed by atoms with van der Waals surface area (Å²) in [5, 5.41) is 10.0. The number of nitrogens with zero attached hydrogens (tertiary/aromatic N) is 3. The highest BCUT2D eigenvalue weighted by Gasteiger charge is 2.28. The zero-order chi connectivity index (χ0) is 39.1. The molecular weight excluding hydrogens is 715 g/mol. The number of rotatable bonds is 9. The molecule has 0 fully saturated rings. The largest absolute Gasteiger partial charge is 0.308 e. The molecule has 11 rings (SSSR count). The molecule has 0 amide bonds. The summed E-state index contributed by atoms with van der Waals surface area (Å²) in [6, 6.07) is 85.4. The molecule has 0 unspecified atom stereocenters. The minimum absolute atomic E-state index is 1.05. The predicted molar refractivity (Wildman–Crippen MR) is 252 cm³/mol. The van der Waals surface area contributed by atoms with Crippen LogP contribution in [-0.4, -0.2) is 0 Å². The van der Waals surface area contributed by atoms with Gasteiger partial charge in [-0.05, 0) is 117 Å². The Morgan fingerprint density at radius 3 is 0.949 bits per heavy atom. The first-order valence-electron chi connectivity index (χ1n) is 20.2. The van der Waals surface area contributed by atoms with Gasteiger partial charge in [-0.3, -0.25) is 0 Å². The van der Waals surface area contributed by atoms with E-state index >= 15 is 0 Å². The van der Waals surface area contributed by atoms with Crippen molar-refractivity contribution in [3.8, 4) is 0 Å². The van der Waals surface area contributed by atoms with Gasteiger partial charge in [0, 0.05) is 28.1 Å². The Hall–Kier alpha value is -7.88. The number of hydrogen-bond acceptors (Lipinski definition) is 3. The van der Waals surface area contributed by atoms with Crippen LogP contribution in [0.5, 0.6) is 0 Å². The maximum atomic E-state index is 2.51. The van der Waals surface area contributed by atoms with Crippen LogP contribution in [0.4, 0.5) is 51.2 Å². The van der Waals surface area contributed by atoms with Gasteiger partial charge in [0.1, 0.15) is 0 Å². The molecule has 0 N–H and O–H groups in total. The Kier molecular flexibility index (Phi) is 8.49. The standard InChI is InChI=1S/C56H39N3/c1-5-23-42(24-6-1)57(43-25-7-2-8-26-43)49-34-13-15-36-51(49)59(52-37-16-14-35-50(52)58(44-27-9-3-10-28-44)45-29-11-4-12-30-45)53-39-38-41-22-18-32-47-46-31-17-20-40-21-19-33-48(54(40)46)56(53)55(41)47/h1-39H. The van der Waals surface area contributed by atoms with Gasteiger partial charge in [-0.15, -0.1) is 0 Å². The van der Waals surface area contributed by atoms with E-state index in [0.29, 0.717) is 0 Å². The molecule has 3 heteroatoms. The lowest BCUT2D eigenvalue weighted by molar-refractivity contribution is 1.21. The van der Waals surface area contributed by atoms with Crippen LogP contribution < -0.4 is 14.7 Å². The van der Waals surface area contributed by atoms with E-state index in [1.165, 1.54) is 43.1 Å². The van der Waals surface area contributed by atoms with Gasteiger partial charge in [0.25, 0.3) is 0 Å². The average molecular weight is 754 g/mol. The quantitative estimate of drug-likeness (QED) is 0.107. The van der Waals surface area contributed by atoms with Crippen molar-refractivity contribution >= 4 is 94.3 Å². The van der Waals surface area contributed by atoms with E-state index < -0.39 is 0 Å². The minimum atomic E-state index is 1.05. The molecule has 0 aliphatic heterocycles. The molecular formula is C56H39N3. The van der Waals surface area contributed by atoms with E-state index in [1.807, 2.05) is 0 Å². The van der Waals surface area contributed by atoms with E-state index in [-0.39, 0.29) is 0 Å². The number of hydrogen-bond donors (Lipinski definition) is 0. The molecule has 0 spiro atoms. The Morgan fingerprint density at radius 1 is 0.186 bits per heavy atom. The van der Waals surface area contributed by atoms with Gasteiger partial charge in [-0.2, -0.15) is 0 Å². The second-order valence-electron chi connectivity index (χ2n) is 14.9. The zero-order valence-electron chi connectivity index (χ0n) is 32.4. The second kappa shape index (κ2) is 14.6. The van der Waals surface area contributed by atoms with Gasteiger partial charge in [-0.1, -0.05) is 158 Å². The van der Waals surface area contributed by atoms with E-state index in [9.17, 15) is 0 Å². The molecule has 11 aromatic carbocycles. The molecule has 0 atom stereocenters. The maximum absolute atomic E-state index is 2.51. The molecule has 0 aliphatic carbocycles. The van der Waals surface area contributed by atoms with Crippen molar-refractivity contribution in [1.82, 2.24) is 0 Å². The van der Waals surface area contributed by atoms with Gasteiger partial charge in [0.2, 0.25) is 0 Å². The van der Waals surface area contributed by atoms with Crippen molar-refractivity contribution in [1.29, 1.82) is 0 Å². The number of benzene rings is 11. The van der Waals surface area contributed by atoms with Crippen LogP contribution in [-0.2, 0) is 0 Å². The molecule has 0 saturated heterocycles. The fraction of sp³-hybridized carbons (Fsp3) is 0. The highest BCUT2D eigenvalue weighted by Crippen LogP contribution is 2.53.